The molecule has 12 heteroatoms. The Kier molecular flexibility index (Phi) is 10.4. The summed E-state index contributed by atoms with van der Waals surface area (Å²) in [5.41, 5.74) is 5.49. The number of piperidine rings is 1. The molecule has 2 rings (SSSR count). The van der Waals surface area contributed by atoms with E-state index >= 15 is 0 Å². The van der Waals surface area contributed by atoms with Crippen LogP contribution in [0.25, 0.3) is 0 Å². The van der Waals surface area contributed by atoms with E-state index in [1.54, 1.807) is 34.6 Å². The molecule has 3 atom stereocenters. The molecule has 1 aromatic rings. The van der Waals surface area contributed by atoms with Crippen molar-refractivity contribution in [2.45, 2.75) is 71.2 Å². The van der Waals surface area contributed by atoms with E-state index in [0.717, 1.165) is 0 Å². The van der Waals surface area contributed by atoms with Crippen LogP contribution in [-0.4, -0.2) is 83.1 Å². The average molecular weight is 520 g/mol. The smallest absolute Gasteiger partial charge is 0.329 e. The van der Waals surface area contributed by atoms with E-state index in [4.69, 9.17) is 20.4 Å². The van der Waals surface area contributed by atoms with Crippen molar-refractivity contribution in [1.29, 1.82) is 0 Å². The molecule has 1 heterocycles. The molecule has 0 aliphatic carbocycles. The largest absolute Gasteiger partial charge is 0.465 e. The third-order valence-electron chi connectivity index (χ3n) is 5.67. The van der Waals surface area contributed by atoms with Crippen LogP contribution in [0, 0.1) is 0 Å². The fraction of sp³-hybridized carbons (Fsp3) is 0.560. The minimum absolute atomic E-state index is 0.00541. The highest BCUT2D eigenvalue weighted by atomic mass is 16.6. The van der Waals surface area contributed by atoms with Crippen LogP contribution in [0.3, 0.4) is 0 Å². The van der Waals surface area contributed by atoms with Gasteiger partial charge in [-0.3, -0.25) is 14.4 Å². The number of ether oxygens (including phenoxy) is 2. The van der Waals surface area contributed by atoms with Gasteiger partial charge in [-0.1, -0.05) is 17.3 Å². The van der Waals surface area contributed by atoms with Gasteiger partial charge in [0.15, 0.2) is 5.84 Å². The van der Waals surface area contributed by atoms with Crippen molar-refractivity contribution in [3.8, 4) is 0 Å². The maximum Gasteiger partial charge on any atom is 0.329 e. The molecule has 1 aliphatic heterocycles. The van der Waals surface area contributed by atoms with Crippen LogP contribution in [0.1, 0.15) is 63.4 Å². The summed E-state index contributed by atoms with van der Waals surface area (Å²) in [6.45, 7) is 8.98. The lowest BCUT2D eigenvalue weighted by atomic mass is 9.95. The van der Waals surface area contributed by atoms with Gasteiger partial charge in [-0.15, -0.1) is 0 Å². The molecule has 0 bridgehead atoms. The van der Waals surface area contributed by atoms with Crippen molar-refractivity contribution in [3.05, 3.63) is 35.4 Å². The molecule has 0 aromatic heterocycles. The summed E-state index contributed by atoms with van der Waals surface area (Å²) in [5.74, 6) is -1.97. The predicted octanol–water partition coefficient (Wildman–Crippen LogP) is 0.753. The zero-order valence-corrected chi connectivity index (χ0v) is 21.9. The average Bonchev–Trinajstić information content (AvgIpc) is 2.85. The monoisotopic (exact) mass is 519 g/mol. The number of esters is 2. The van der Waals surface area contributed by atoms with Crippen LogP contribution in [0.2, 0.25) is 0 Å². The van der Waals surface area contributed by atoms with Gasteiger partial charge in [0.05, 0.1) is 13.2 Å². The number of carbonyl (C=O) groups excluding carboxylic acids is 4. The fourth-order valence-corrected chi connectivity index (χ4v) is 3.89. The Hall–Kier alpha value is -3.67. The Morgan fingerprint density at radius 1 is 1.19 bits per heavy atom. The number of benzene rings is 1. The van der Waals surface area contributed by atoms with Crippen molar-refractivity contribution < 1.29 is 33.9 Å². The number of hydrogen-bond donors (Lipinski definition) is 4. The number of amidine groups is 1. The molecule has 0 saturated carbocycles. The Balaban J connectivity index is 2.11. The lowest BCUT2D eigenvalue weighted by molar-refractivity contribution is -0.167. The summed E-state index contributed by atoms with van der Waals surface area (Å²) in [7, 11) is 0. The molecule has 3 unspecified atom stereocenters. The second-order valence-corrected chi connectivity index (χ2v) is 9.75. The number of oxime groups is 1. The Morgan fingerprint density at radius 2 is 1.81 bits per heavy atom. The molecule has 1 aromatic carbocycles. The summed E-state index contributed by atoms with van der Waals surface area (Å²) >= 11 is 0. The van der Waals surface area contributed by atoms with Crippen LogP contribution in [0.5, 0.6) is 0 Å². The second-order valence-electron chi connectivity index (χ2n) is 9.75. The third-order valence-corrected chi connectivity index (χ3v) is 5.67. The normalized spacial score (nSPS) is 19.1. The summed E-state index contributed by atoms with van der Waals surface area (Å²) in [6, 6.07) is 3.99. The van der Waals surface area contributed by atoms with Gasteiger partial charge in [-0.2, -0.15) is 0 Å². The summed E-state index contributed by atoms with van der Waals surface area (Å²) in [4.78, 5) is 52.2. The molecule has 204 valence electrons. The van der Waals surface area contributed by atoms with Gasteiger partial charge in [0.2, 0.25) is 5.91 Å². The number of nitrogens with zero attached hydrogens (tertiary/aromatic N) is 2. The Labute approximate surface area is 216 Å². The quantitative estimate of drug-likeness (QED) is 0.121. The van der Waals surface area contributed by atoms with Crippen LogP contribution in [0.15, 0.2) is 29.4 Å². The fourth-order valence-electron chi connectivity index (χ4n) is 3.89. The number of likely N-dealkylation sites (tertiary alicyclic amines) is 1. The topological polar surface area (TPSA) is 173 Å². The minimum atomic E-state index is -0.926. The lowest BCUT2D eigenvalue weighted by Gasteiger charge is -2.40. The van der Waals surface area contributed by atoms with Gasteiger partial charge in [-0.05, 0) is 59.6 Å². The summed E-state index contributed by atoms with van der Waals surface area (Å²) in [5, 5.41) is 17.4. The minimum Gasteiger partial charge on any atom is -0.465 e. The Morgan fingerprint density at radius 3 is 2.38 bits per heavy atom. The molecule has 1 saturated heterocycles. The first-order valence-corrected chi connectivity index (χ1v) is 12.2. The third kappa shape index (κ3) is 8.74. The number of nitrogens with two attached hydrogens (primary N) is 1. The first kappa shape index (κ1) is 29.6. The van der Waals surface area contributed by atoms with Crippen molar-refractivity contribution in [2.75, 3.05) is 19.7 Å². The molecule has 1 fully saturated rings. The summed E-state index contributed by atoms with van der Waals surface area (Å²) < 4.78 is 10.5. The predicted molar refractivity (Wildman–Crippen MR) is 135 cm³/mol. The van der Waals surface area contributed by atoms with E-state index in [1.807, 2.05) is 0 Å². The molecule has 0 radical (unpaired) electrons. The molecule has 5 N–H and O–H groups in total. The van der Waals surface area contributed by atoms with Gasteiger partial charge in [0.25, 0.3) is 5.91 Å². The van der Waals surface area contributed by atoms with Gasteiger partial charge < -0.3 is 35.9 Å². The molecule has 12 nitrogen and oxygen atoms in total. The number of amides is 2. The molecule has 37 heavy (non-hydrogen) atoms. The lowest BCUT2D eigenvalue weighted by Crippen LogP contribution is -2.59. The van der Waals surface area contributed by atoms with Crippen LogP contribution in [-0.2, 0) is 23.9 Å². The molecule has 1 aliphatic rings. The van der Waals surface area contributed by atoms with E-state index in [1.165, 1.54) is 29.2 Å². The number of carbonyl (C=O) groups is 4. The van der Waals surface area contributed by atoms with E-state index in [9.17, 15) is 19.2 Å². The maximum atomic E-state index is 13.3. The Bertz CT molecular complexity index is 1000. The maximum absolute atomic E-state index is 13.3. The zero-order chi connectivity index (χ0) is 27.8. The second kappa shape index (κ2) is 13.0. The van der Waals surface area contributed by atoms with Crippen molar-refractivity contribution >= 4 is 29.6 Å². The van der Waals surface area contributed by atoms with Gasteiger partial charge in [-0.25, -0.2) is 4.79 Å². The SMILES string of the molecule is CCOC(=O)CNC1CCN(C(=O)C(C)NC(=O)c2ccc(/C(N)=N/O)cc2)C(C(=O)OC(C)(C)C)C1. The zero-order valence-electron chi connectivity index (χ0n) is 21.9. The van der Waals surface area contributed by atoms with Crippen LogP contribution < -0.4 is 16.4 Å². The highest BCUT2D eigenvalue weighted by Crippen LogP contribution is 2.22. The summed E-state index contributed by atoms with van der Waals surface area (Å²) in [6.07, 6.45) is 0.746. The molecule has 2 amide bonds. The van der Waals surface area contributed by atoms with Crippen LogP contribution >= 0.6 is 0 Å². The molecular formula is C25H37N5O7. The standard InChI is InChI=1S/C25H37N5O7/c1-6-36-20(31)14-27-18-11-12-30(19(13-18)24(34)37-25(3,4)5)23(33)15(2)28-22(32)17-9-7-16(8-10-17)21(26)29-35/h7-10,15,18-19,27,35H,6,11-14H2,1-5H3,(H2,26,29)(H,28,32). The molecular weight excluding hydrogens is 482 g/mol. The first-order valence-electron chi connectivity index (χ1n) is 12.2. The highest BCUT2D eigenvalue weighted by Gasteiger charge is 2.40. The number of rotatable bonds is 9. The van der Waals surface area contributed by atoms with E-state index in [0.29, 0.717) is 12.0 Å². The number of nitrogens with one attached hydrogen (secondary N) is 2. The van der Waals surface area contributed by atoms with E-state index in [-0.39, 0.29) is 43.6 Å². The highest BCUT2D eigenvalue weighted by molar-refractivity contribution is 6.00. The van der Waals surface area contributed by atoms with Gasteiger partial charge in [0.1, 0.15) is 17.7 Å². The first-order chi connectivity index (χ1) is 17.4. The van der Waals surface area contributed by atoms with Crippen molar-refractivity contribution in [1.82, 2.24) is 15.5 Å². The van der Waals surface area contributed by atoms with E-state index < -0.39 is 41.4 Å². The van der Waals surface area contributed by atoms with Gasteiger partial charge >= 0.3 is 11.9 Å². The van der Waals surface area contributed by atoms with Crippen molar-refractivity contribution in [2.24, 2.45) is 10.9 Å². The van der Waals surface area contributed by atoms with Crippen LogP contribution in [0.4, 0.5) is 0 Å². The van der Waals surface area contributed by atoms with Gasteiger partial charge in [0, 0.05) is 23.7 Å². The molecule has 0 spiro atoms. The van der Waals surface area contributed by atoms with E-state index in [2.05, 4.69) is 15.8 Å². The van der Waals surface area contributed by atoms with Crippen molar-refractivity contribution in [3.63, 3.8) is 0 Å². The number of hydrogen-bond acceptors (Lipinski definition) is 9.